The Morgan fingerprint density at radius 3 is 0.767 bits per heavy atom. The zero-order valence-corrected chi connectivity index (χ0v) is 22.8. The van der Waals surface area contributed by atoms with Crippen LogP contribution in [0.4, 0.5) is 0 Å². The van der Waals surface area contributed by atoms with E-state index in [1.807, 2.05) is 0 Å². The zero-order chi connectivity index (χ0) is 23.3. The quantitative estimate of drug-likeness (QED) is 0.429. The largest absolute Gasteiger partial charge is 0.0561 e. The molecule has 1 heteroatoms. The number of hydrogen-bond acceptors (Lipinski definition) is 0. The van der Waals surface area contributed by atoms with Gasteiger partial charge < -0.3 is 0 Å². The van der Waals surface area contributed by atoms with Crippen molar-refractivity contribution >= 4 is 18.5 Å². The number of rotatable bonds is 2. The fourth-order valence-corrected chi connectivity index (χ4v) is 5.12. The summed E-state index contributed by atoms with van der Waals surface area (Å²) in [5, 5.41) is 2.99. The lowest BCUT2D eigenvalue weighted by Gasteiger charge is -2.30. The van der Waals surface area contributed by atoms with Crippen LogP contribution in [0.1, 0.15) is 105 Å². The minimum atomic E-state index is -0.424. The molecule has 30 heavy (non-hydrogen) atoms. The average Bonchev–Trinajstić information content (AvgIpc) is 2.57. The zero-order valence-electron chi connectivity index (χ0n) is 21.9. The van der Waals surface area contributed by atoms with E-state index in [0.29, 0.717) is 0 Å². The minimum absolute atomic E-state index is 0.149. The molecule has 2 rings (SSSR count). The van der Waals surface area contributed by atoms with Crippen LogP contribution in [-0.4, -0.2) is 6.66 Å². The van der Waals surface area contributed by atoms with E-state index in [-0.39, 0.29) is 21.7 Å². The fraction of sp³-hybridized carbons (Fsp3) is 0.586. The molecule has 0 aliphatic heterocycles. The van der Waals surface area contributed by atoms with Gasteiger partial charge in [0.1, 0.15) is 0 Å². The second kappa shape index (κ2) is 8.09. The van der Waals surface area contributed by atoms with Gasteiger partial charge in [-0.05, 0) is 69.1 Å². The van der Waals surface area contributed by atoms with Crippen LogP contribution in [0, 0.1) is 0 Å². The highest BCUT2D eigenvalue weighted by molar-refractivity contribution is 7.72. The van der Waals surface area contributed by atoms with Crippen molar-refractivity contribution in [1.29, 1.82) is 0 Å². The highest BCUT2D eigenvalue weighted by Crippen LogP contribution is 2.37. The Labute approximate surface area is 188 Å². The molecule has 0 aliphatic carbocycles. The Kier molecular flexibility index (Phi) is 6.78. The van der Waals surface area contributed by atoms with E-state index in [9.17, 15) is 0 Å². The molecule has 0 fully saturated rings. The molecule has 0 heterocycles. The van der Waals surface area contributed by atoms with Crippen molar-refractivity contribution in [2.24, 2.45) is 0 Å². The smallest absolute Gasteiger partial charge is 0.0132 e. The molecular formula is C29H45P. The van der Waals surface area contributed by atoms with Crippen molar-refractivity contribution in [3.05, 3.63) is 58.7 Å². The van der Waals surface area contributed by atoms with Crippen LogP contribution in [-0.2, 0) is 21.7 Å². The standard InChI is InChI=1S/C29H45P/c1-26(2,3)20-14-21(27(4,5)6)17-24(16-20)30(13)25-18-22(28(7,8)9)15-23(19-25)29(10,11)12/h14-19H,1-13H3. The van der Waals surface area contributed by atoms with E-state index in [1.165, 1.54) is 32.9 Å². The first-order valence-corrected chi connectivity index (χ1v) is 13.1. The monoisotopic (exact) mass is 424 g/mol. The summed E-state index contributed by atoms with van der Waals surface area (Å²) in [6.07, 6.45) is 0. The van der Waals surface area contributed by atoms with E-state index in [4.69, 9.17) is 0 Å². The maximum absolute atomic E-state index is 2.47. The molecule has 0 spiro atoms. The first-order chi connectivity index (χ1) is 13.3. The Bertz CT molecular complexity index is 750. The van der Waals surface area contributed by atoms with Crippen LogP contribution in [0.5, 0.6) is 0 Å². The normalized spacial score (nSPS) is 13.8. The summed E-state index contributed by atoms with van der Waals surface area (Å²) < 4.78 is 0. The van der Waals surface area contributed by atoms with E-state index in [2.05, 4.69) is 126 Å². The molecule has 166 valence electrons. The molecule has 0 amide bonds. The minimum Gasteiger partial charge on any atom is -0.0561 e. The first kappa shape index (κ1) is 25.1. The molecule has 0 aromatic heterocycles. The van der Waals surface area contributed by atoms with Crippen LogP contribution in [0.15, 0.2) is 36.4 Å². The molecule has 0 bridgehead atoms. The third-order valence-electron chi connectivity index (χ3n) is 6.07. The van der Waals surface area contributed by atoms with E-state index >= 15 is 0 Å². The lowest BCUT2D eigenvalue weighted by Crippen LogP contribution is -2.24. The van der Waals surface area contributed by atoms with Crippen LogP contribution >= 0.6 is 7.92 Å². The van der Waals surface area contributed by atoms with Gasteiger partial charge in [-0.2, -0.15) is 0 Å². The second-order valence-electron chi connectivity index (χ2n) is 13.1. The van der Waals surface area contributed by atoms with Gasteiger partial charge in [0, 0.05) is 0 Å². The molecule has 2 aromatic carbocycles. The summed E-state index contributed by atoms with van der Waals surface area (Å²) in [7, 11) is -0.424. The van der Waals surface area contributed by atoms with Crippen molar-refractivity contribution in [1.82, 2.24) is 0 Å². The lowest BCUT2D eigenvalue weighted by molar-refractivity contribution is 0.569. The van der Waals surface area contributed by atoms with Crippen molar-refractivity contribution in [3.63, 3.8) is 0 Å². The molecular weight excluding hydrogens is 379 g/mol. The summed E-state index contributed by atoms with van der Waals surface area (Å²) >= 11 is 0. The van der Waals surface area contributed by atoms with Crippen LogP contribution in [0.25, 0.3) is 0 Å². The summed E-state index contributed by atoms with van der Waals surface area (Å²) in [4.78, 5) is 0. The van der Waals surface area contributed by atoms with Crippen molar-refractivity contribution < 1.29 is 0 Å². The molecule has 0 saturated heterocycles. The molecule has 0 unspecified atom stereocenters. The molecule has 0 nitrogen and oxygen atoms in total. The van der Waals surface area contributed by atoms with Crippen molar-refractivity contribution in [2.45, 2.75) is 105 Å². The summed E-state index contributed by atoms with van der Waals surface area (Å²) in [6.45, 7) is 30.4. The maximum atomic E-state index is 2.47. The Morgan fingerprint density at radius 2 is 0.600 bits per heavy atom. The molecule has 0 N–H and O–H groups in total. The number of benzene rings is 2. The van der Waals surface area contributed by atoms with Gasteiger partial charge in [-0.15, -0.1) is 0 Å². The Hall–Kier alpha value is -1.13. The van der Waals surface area contributed by atoms with Crippen LogP contribution in [0.2, 0.25) is 0 Å². The van der Waals surface area contributed by atoms with Gasteiger partial charge >= 0.3 is 0 Å². The van der Waals surface area contributed by atoms with E-state index in [1.54, 1.807) is 0 Å². The van der Waals surface area contributed by atoms with Gasteiger partial charge in [0.25, 0.3) is 0 Å². The molecule has 0 atom stereocenters. The number of hydrogen-bond donors (Lipinski definition) is 0. The fourth-order valence-electron chi connectivity index (χ4n) is 3.49. The lowest BCUT2D eigenvalue weighted by atomic mass is 9.81. The van der Waals surface area contributed by atoms with Crippen molar-refractivity contribution in [2.75, 3.05) is 6.66 Å². The topological polar surface area (TPSA) is 0 Å². The first-order valence-electron chi connectivity index (χ1n) is 11.4. The molecule has 0 saturated carbocycles. The van der Waals surface area contributed by atoms with E-state index in [0.717, 1.165) is 0 Å². The van der Waals surface area contributed by atoms with Crippen LogP contribution in [0.3, 0.4) is 0 Å². The predicted octanol–water partition coefficient (Wildman–Crippen LogP) is 7.94. The maximum Gasteiger partial charge on any atom is -0.0132 e. The Morgan fingerprint density at radius 1 is 0.400 bits per heavy atom. The van der Waals surface area contributed by atoms with Gasteiger partial charge in [0.2, 0.25) is 0 Å². The van der Waals surface area contributed by atoms with Gasteiger partial charge in [-0.25, -0.2) is 0 Å². The summed E-state index contributed by atoms with van der Waals surface area (Å²) in [5.74, 6) is 0. The second-order valence-corrected chi connectivity index (χ2v) is 15.2. The van der Waals surface area contributed by atoms with Gasteiger partial charge in [-0.1, -0.05) is 119 Å². The highest BCUT2D eigenvalue weighted by atomic mass is 31.1. The van der Waals surface area contributed by atoms with Crippen molar-refractivity contribution in [3.8, 4) is 0 Å². The molecule has 0 aliphatic rings. The van der Waals surface area contributed by atoms with Crippen LogP contribution < -0.4 is 10.6 Å². The summed E-state index contributed by atoms with van der Waals surface area (Å²) in [6, 6.07) is 14.8. The SMILES string of the molecule is CP(c1cc(C(C)(C)C)cc(C(C)(C)C)c1)c1cc(C(C)(C)C)cc(C(C)(C)C)c1. The molecule has 2 aromatic rings. The predicted molar refractivity (Wildman–Crippen MR) is 140 cm³/mol. The Balaban J connectivity index is 2.72. The van der Waals surface area contributed by atoms with Gasteiger partial charge in [0.15, 0.2) is 0 Å². The van der Waals surface area contributed by atoms with Gasteiger partial charge in [0.05, 0.1) is 0 Å². The third kappa shape index (κ3) is 5.97. The average molecular weight is 425 g/mol. The highest BCUT2D eigenvalue weighted by Gasteiger charge is 2.25. The molecule has 0 radical (unpaired) electrons. The third-order valence-corrected chi connectivity index (χ3v) is 8.14. The van der Waals surface area contributed by atoms with Gasteiger partial charge in [-0.3, -0.25) is 0 Å². The van der Waals surface area contributed by atoms with E-state index < -0.39 is 7.92 Å². The summed E-state index contributed by atoms with van der Waals surface area (Å²) in [5.41, 5.74) is 6.38.